The Morgan fingerprint density at radius 1 is 1.24 bits per heavy atom. The molecule has 21 heavy (non-hydrogen) atoms. The van der Waals surface area contributed by atoms with Gasteiger partial charge in [-0.1, -0.05) is 25.1 Å². The number of hydrogen-bond acceptors (Lipinski definition) is 4. The molecule has 0 radical (unpaired) electrons. The predicted molar refractivity (Wildman–Crippen MR) is 88.9 cm³/mol. The van der Waals surface area contributed by atoms with Crippen molar-refractivity contribution in [2.24, 2.45) is 0 Å². The molecule has 108 valence electrons. The molecule has 0 amide bonds. The molecule has 4 heteroatoms. The molecule has 3 nitrogen and oxygen atoms in total. The van der Waals surface area contributed by atoms with Gasteiger partial charge in [0.05, 0.1) is 16.7 Å². The second-order valence-electron chi connectivity index (χ2n) is 5.12. The molecule has 0 aliphatic rings. The van der Waals surface area contributed by atoms with Gasteiger partial charge in [0.15, 0.2) is 0 Å². The number of benzene rings is 1. The van der Waals surface area contributed by atoms with E-state index in [2.05, 4.69) is 60.3 Å². The Bertz CT molecular complexity index is 758. The molecule has 1 aromatic carbocycles. The highest BCUT2D eigenvalue weighted by molar-refractivity contribution is 7.11. The summed E-state index contributed by atoms with van der Waals surface area (Å²) in [4.78, 5) is 10.2. The molecule has 0 aliphatic carbocycles. The van der Waals surface area contributed by atoms with E-state index in [0.29, 0.717) is 0 Å². The van der Waals surface area contributed by atoms with Crippen LogP contribution in [0.15, 0.2) is 36.7 Å². The maximum Gasteiger partial charge on any atom is 0.0900 e. The minimum absolute atomic E-state index is 0.175. The number of aromatic nitrogens is 2. The van der Waals surface area contributed by atoms with Crippen LogP contribution in [-0.4, -0.2) is 16.5 Å². The highest BCUT2D eigenvalue weighted by Gasteiger charge is 2.20. The van der Waals surface area contributed by atoms with Crippen molar-refractivity contribution in [3.63, 3.8) is 0 Å². The van der Waals surface area contributed by atoms with E-state index < -0.39 is 0 Å². The average Bonchev–Trinajstić information content (AvgIpc) is 2.83. The van der Waals surface area contributed by atoms with Gasteiger partial charge in [0.25, 0.3) is 0 Å². The van der Waals surface area contributed by atoms with Crippen molar-refractivity contribution < 1.29 is 0 Å². The summed E-state index contributed by atoms with van der Waals surface area (Å²) in [5, 5.41) is 7.15. The van der Waals surface area contributed by atoms with E-state index >= 15 is 0 Å². The van der Waals surface area contributed by atoms with Gasteiger partial charge in [-0.25, -0.2) is 4.98 Å². The molecule has 0 spiro atoms. The molecule has 3 aromatic rings. The van der Waals surface area contributed by atoms with Crippen LogP contribution in [0.2, 0.25) is 0 Å². The zero-order valence-electron chi connectivity index (χ0n) is 12.6. The second-order valence-corrected chi connectivity index (χ2v) is 6.35. The van der Waals surface area contributed by atoms with Crippen LogP contribution in [0.5, 0.6) is 0 Å². The lowest BCUT2D eigenvalue weighted by Crippen LogP contribution is -2.22. The molecule has 1 atom stereocenters. The number of fused-ring (bicyclic) bond motifs is 1. The first-order chi connectivity index (χ1) is 10.2. The molecule has 1 unspecified atom stereocenters. The fourth-order valence-corrected chi connectivity index (χ4v) is 3.77. The average molecular weight is 297 g/mol. The third-order valence-electron chi connectivity index (χ3n) is 3.64. The monoisotopic (exact) mass is 297 g/mol. The Kier molecular flexibility index (Phi) is 3.99. The first kappa shape index (κ1) is 14.2. The van der Waals surface area contributed by atoms with Crippen molar-refractivity contribution in [1.82, 2.24) is 15.3 Å². The summed E-state index contributed by atoms with van der Waals surface area (Å²) in [6.45, 7) is 7.21. The van der Waals surface area contributed by atoms with Crippen LogP contribution in [0.4, 0.5) is 0 Å². The molecule has 2 aromatic heterocycles. The molecule has 3 rings (SSSR count). The van der Waals surface area contributed by atoms with Crippen molar-refractivity contribution in [2.45, 2.75) is 26.8 Å². The van der Waals surface area contributed by atoms with Gasteiger partial charge in [-0.15, -0.1) is 11.3 Å². The van der Waals surface area contributed by atoms with Crippen LogP contribution in [0, 0.1) is 13.8 Å². The minimum Gasteiger partial charge on any atom is -0.306 e. The fraction of sp³-hybridized carbons (Fsp3) is 0.294. The van der Waals surface area contributed by atoms with E-state index in [-0.39, 0.29) is 6.04 Å². The van der Waals surface area contributed by atoms with Gasteiger partial charge in [0.2, 0.25) is 0 Å². The summed E-state index contributed by atoms with van der Waals surface area (Å²) in [5.41, 5.74) is 2.39. The molecule has 1 N–H and O–H groups in total. The van der Waals surface area contributed by atoms with Crippen LogP contribution in [-0.2, 0) is 0 Å². The lowest BCUT2D eigenvalue weighted by Gasteiger charge is -2.19. The molecular formula is C17H19N3S. The Morgan fingerprint density at radius 2 is 2.10 bits per heavy atom. The van der Waals surface area contributed by atoms with Gasteiger partial charge in [0, 0.05) is 22.7 Å². The lowest BCUT2D eigenvalue weighted by molar-refractivity contribution is 0.639. The van der Waals surface area contributed by atoms with Gasteiger partial charge in [-0.05, 0) is 37.4 Å². The van der Waals surface area contributed by atoms with Crippen LogP contribution in [0.3, 0.4) is 0 Å². The van der Waals surface area contributed by atoms with E-state index in [1.54, 1.807) is 11.3 Å². The molecule has 0 bridgehead atoms. The lowest BCUT2D eigenvalue weighted by atomic mass is 9.98. The van der Waals surface area contributed by atoms with Crippen LogP contribution in [0.25, 0.3) is 10.8 Å². The topological polar surface area (TPSA) is 37.8 Å². The number of thiazole rings is 1. The number of pyridine rings is 1. The quantitative estimate of drug-likeness (QED) is 0.790. The largest absolute Gasteiger partial charge is 0.306 e. The van der Waals surface area contributed by atoms with Gasteiger partial charge in [0.1, 0.15) is 0 Å². The van der Waals surface area contributed by atoms with E-state index in [1.807, 2.05) is 12.4 Å². The Balaban J connectivity index is 2.18. The predicted octanol–water partition coefficient (Wildman–Crippen LogP) is 4.01. The minimum atomic E-state index is 0.175. The molecule has 0 saturated carbocycles. The summed E-state index contributed by atoms with van der Waals surface area (Å²) >= 11 is 1.77. The molecule has 0 aliphatic heterocycles. The highest BCUT2D eigenvalue weighted by Crippen LogP contribution is 2.33. The Hall–Kier alpha value is -1.78. The van der Waals surface area contributed by atoms with Crippen molar-refractivity contribution >= 4 is 22.1 Å². The fourth-order valence-electron chi connectivity index (χ4n) is 2.75. The zero-order valence-corrected chi connectivity index (χ0v) is 13.4. The van der Waals surface area contributed by atoms with Crippen molar-refractivity contribution in [3.8, 4) is 0 Å². The third-order valence-corrected chi connectivity index (χ3v) is 4.78. The zero-order chi connectivity index (χ0) is 14.8. The van der Waals surface area contributed by atoms with Crippen LogP contribution < -0.4 is 5.32 Å². The van der Waals surface area contributed by atoms with Gasteiger partial charge in [-0.3, -0.25) is 4.98 Å². The second kappa shape index (κ2) is 5.92. The Labute approximate surface area is 129 Å². The van der Waals surface area contributed by atoms with E-state index in [1.165, 1.54) is 21.2 Å². The number of rotatable bonds is 4. The normalized spacial score (nSPS) is 12.7. The maximum atomic E-state index is 4.58. The van der Waals surface area contributed by atoms with Gasteiger partial charge in [-0.2, -0.15) is 0 Å². The molecule has 0 fully saturated rings. The van der Waals surface area contributed by atoms with Crippen LogP contribution in [0.1, 0.15) is 34.1 Å². The summed E-state index contributed by atoms with van der Waals surface area (Å²) < 4.78 is 0. The van der Waals surface area contributed by atoms with E-state index in [4.69, 9.17) is 0 Å². The van der Waals surface area contributed by atoms with Crippen molar-refractivity contribution in [2.75, 3.05) is 6.54 Å². The summed E-state index contributed by atoms with van der Waals surface area (Å²) in [7, 11) is 0. The SMILES string of the molecule is CCNC(c1sc(C)nc1C)c1cccc2ccncc12. The number of nitrogens with one attached hydrogen (secondary N) is 1. The van der Waals surface area contributed by atoms with Crippen molar-refractivity contribution in [1.29, 1.82) is 0 Å². The van der Waals surface area contributed by atoms with Crippen molar-refractivity contribution in [3.05, 3.63) is 57.8 Å². The van der Waals surface area contributed by atoms with Gasteiger partial charge < -0.3 is 5.32 Å². The van der Waals surface area contributed by atoms with E-state index in [9.17, 15) is 0 Å². The first-order valence-electron chi connectivity index (χ1n) is 7.20. The molecule has 2 heterocycles. The first-order valence-corrected chi connectivity index (χ1v) is 8.02. The Morgan fingerprint density at radius 3 is 2.81 bits per heavy atom. The summed E-state index contributed by atoms with van der Waals surface area (Å²) in [6.07, 6.45) is 3.80. The number of nitrogens with zero attached hydrogens (tertiary/aromatic N) is 2. The molecule has 0 saturated heterocycles. The maximum absolute atomic E-state index is 4.58. The third kappa shape index (κ3) is 2.69. The summed E-state index contributed by atoms with van der Waals surface area (Å²) in [5.74, 6) is 0. The van der Waals surface area contributed by atoms with E-state index in [0.717, 1.165) is 17.2 Å². The molecular weight excluding hydrogens is 278 g/mol. The van der Waals surface area contributed by atoms with Crippen LogP contribution >= 0.6 is 11.3 Å². The van der Waals surface area contributed by atoms with Gasteiger partial charge >= 0.3 is 0 Å². The number of aryl methyl sites for hydroxylation is 2. The summed E-state index contributed by atoms with van der Waals surface area (Å²) in [6, 6.07) is 8.67. The highest BCUT2D eigenvalue weighted by atomic mass is 32.1. The smallest absolute Gasteiger partial charge is 0.0900 e. The standard InChI is InChI=1S/C17H19N3S/c1-4-19-16(17-11(2)20-12(3)21-17)14-7-5-6-13-8-9-18-10-15(13)14/h5-10,16,19H,4H2,1-3H3. The number of hydrogen-bond donors (Lipinski definition) is 1.